The van der Waals surface area contributed by atoms with Gasteiger partial charge >= 0.3 is 18.4 Å². The van der Waals surface area contributed by atoms with Gasteiger partial charge in [-0.15, -0.1) is 0 Å². The minimum absolute atomic E-state index is 0.00574. The molecule has 0 atom stereocenters. The maximum atomic E-state index is 12.9. The molecule has 0 saturated heterocycles. The van der Waals surface area contributed by atoms with Crippen molar-refractivity contribution in [3.63, 3.8) is 0 Å². The second kappa shape index (κ2) is 7.79. The van der Waals surface area contributed by atoms with Gasteiger partial charge in [0.1, 0.15) is 0 Å². The molecule has 0 spiro atoms. The standard InChI is InChI=1S/C17H13F6N3O2/c18-16(19,20)11-5-12(17(21,22)23)7-13(6-11)26-14(27)10-3-1-9(2-4-10)8-25-15(24)28/h1-7H,8H2,(H,26,27)(H3,24,25,28). The minimum Gasteiger partial charge on any atom is -0.352 e. The molecule has 4 N–H and O–H groups in total. The van der Waals surface area contributed by atoms with Crippen LogP contribution < -0.4 is 16.4 Å². The second-order valence-electron chi connectivity index (χ2n) is 5.66. The number of hydrogen-bond acceptors (Lipinski definition) is 2. The summed E-state index contributed by atoms with van der Waals surface area (Å²) in [7, 11) is 0. The number of urea groups is 1. The van der Waals surface area contributed by atoms with Gasteiger partial charge in [-0.25, -0.2) is 4.79 Å². The van der Waals surface area contributed by atoms with Crippen LogP contribution in [0.3, 0.4) is 0 Å². The zero-order valence-corrected chi connectivity index (χ0v) is 13.9. The van der Waals surface area contributed by atoms with Gasteiger partial charge in [-0.1, -0.05) is 12.1 Å². The Bertz CT molecular complexity index is 844. The molecule has 0 heterocycles. The quantitative estimate of drug-likeness (QED) is 0.668. The van der Waals surface area contributed by atoms with Crippen molar-refractivity contribution in [1.29, 1.82) is 0 Å². The minimum atomic E-state index is -5.02. The van der Waals surface area contributed by atoms with Gasteiger partial charge in [0.25, 0.3) is 5.91 Å². The molecular formula is C17H13F6N3O2. The Balaban J connectivity index is 2.24. The average molecular weight is 405 g/mol. The zero-order chi connectivity index (χ0) is 21.1. The first-order valence-corrected chi connectivity index (χ1v) is 7.59. The largest absolute Gasteiger partial charge is 0.416 e. The number of nitrogens with one attached hydrogen (secondary N) is 2. The van der Waals surface area contributed by atoms with Gasteiger partial charge in [-0.05, 0) is 35.9 Å². The first kappa shape index (κ1) is 21.1. The summed E-state index contributed by atoms with van der Waals surface area (Å²) in [6.07, 6.45) is -10.0. The summed E-state index contributed by atoms with van der Waals surface area (Å²) in [4.78, 5) is 22.8. The van der Waals surface area contributed by atoms with Gasteiger partial charge in [-0.2, -0.15) is 26.3 Å². The monoisotopic (exact) mass is 405 g/mol. The fourth-order valence-corrected chi connectivity index (χ4v) is 2.19. The van der Waals surface area contributed by atoms with Crippen LogP contribution in [0.15, 0.2) is 42.5 Å². The molecule has 28 heavy (non-hydrogen) atoms. The highest BCUT2D eigenvalue weighted by molar-refractivity contribution is 6.04. The number of alkyl halides is 6. The summed E-state index contributed by atoms with van der Waals surface area (Å²) in [5.41, 5.74) is 1.77. The van der Waals surface area contributed by atoms with Crippen molar-refractivity contribution >= 4 is 17.6 Å². The van der Waals surface area contributed by atoms with E-state index < -0.39 is 41.1 Å². The van der Waals surface area contributed by atoms with Gasteiger partial charge in [0.2, 0.25) is 0 Å². The summed E-state index contributed by atoms with van der Waals surface area (Å²) in [5, 5.41) is 4.34. The van der Waals surface area contributed by atoms with Crippen molar-refractivity contribution in [1.82, 2.24) is 5.32 Å². The zero-order valence-electron chi connectivity index (χ0n) is 13.9. The van der Waals surface area contributed by atoms with E-state index in [9.17, 15) is 35.9 Å². The number of benzene rings is 2. The van der Waals surface area contributed by atoms with Crippen LogP contribution in [0.1, 0.15) is 27.0 Å². The molecule has 0 aliphatic carbocycles. The van der Waals surface area contributed by atoms with Crippen molar-refractivity contribution in [2.24, 2.45) is 5.73 Å². The number of nitrogens with two attached hydrogens (primary N) is 1. The topological polar surface area (TPSA) is 84.2 Å². The third-order valence-electron chi connectivity index (χ3n) is 3.53. The lowest BCUT2D eigenvalue weighted by Gasteiger charge is -2.15. The molecule has 5 nitrogen and oxygen atoms in total. The fourth-order valence-electron chi connectivity index (χ4n) is 2.19. The highest BCUT2D eigenvalue weighted by Crippen LogP contribution is 2.37. The second-order valence-corrected chi connectivity index (χ2v) is 5.66. The molecule has 3 amide bonds. The first-order valence-electron chi connectivity index (χ1n) is 7.59. The van der Waals surface area contributed by atoms with E-state index in [1.807, 2.05) is 5.32 Å². The van der Waals surface area contributed by atoms with Crippen LogP contribution in [0.4, 0.5) is 36.8 Å². The Kier molecular flexibility index (Phi) is 5.86. The number of carbonyl (C=O) groups is 2. The molecule has 0 unspecified atom stereocenters. The van der Waals surface area contributed by atoms with Gasteiger partial charge in [0, 0.05) is 17.8 Å². The lowest BCUT2D eigenvalue weighted by molar-refractivity contribution is -0.143. The molecule has 0 radical (unpaired) electrons. The molecule has 11 heteroatoms. The number of hydrogen-bond donors (Lipinski definition) is 3. The molecule has 0 bridgehead atoms. The Morgan fingerprint density at radius 2 is 1.36 bits per heavy atom. The number of amides is 3. The maximum absolute atomic E-state index is 12.9. The van der Waals surface area contributed by atoms with Crippen molar-refractivity contribution < 1.29 is 35.9 Å². The molecule has 0 saturated carbocycles. The van der Waals surface area contributed by atoms with E-state index in [1.54, 1.807) is 0 Å². The van der Waals surface area contributed by atoms with Crippen molar-refractivity contribution in [3.05, 3.63) is 64.7 Å². The average Bonchev–Trinajstić information content (AvgIpc) is 2.58. The number of rotatable bonds is 4. The lowest BCUT2D eigenvalue weighted by Crippen LogP contribution is -2.28. The van der Waals surface area contributed by atoms with Crippen LogP contribution in [0.5, 0.6) is 0 Å². The molecule has 0 aromatic heterocycles. The fraction of sp³-hybridized carbons (Fsp3) is 0.176. The SMILES string of the molecule is NC(=O)NCc1ccc(C(=O)Nc2cc(C(F)(F)F)cc(C(F)(F)F)c2)cc1. The normalized spacial score (nSPS) is 11.8. The van der Waals surface area contributed by atoms with Crippen LogP contribution in [-0.2, 0) is 18.9 Å². The summed E-state index contributed by atoms with van der Waals surface area (Å²) >= 11 is 0. The van der Waals surface area contributed by atoms with Crippen molar-refractivity contribution in [2.75, 3.05) is 5.32 Å². The Labute approximate surface area is 154 Å². The van der Waals surface area contributed by atoms with Crippen LogP contribution in [0.25, 0.3) is 0 Å². The van der Waals surface area contributed by atoms with E-state index >= 15 is 0 Å². The van der Waals surface area contributed by atoms with Gasteiger partial charge in [-0.3, -0.25) is 4.79 Å². The summed E-state index contributed by atoms with van der Waals surface area (Å²) in [6, 6.07) is 5.52. The van der Waals surface area contributed by atoms with Crippen LogP contribution in [0, 0.1) is 0 Å². The number of halogens is 6. The van der Waals surface area contributed by atoms with E-state index in [-0.39, 0.29) is 18.2 Å². The lowest BCUT2D eigenvalue weighted by atomic mass is 10.1. The Morgan fingerprint density at radius 3 is 1.79 bits per heavy atom. The summed E-state index contributed by atoms with van der Waals surface area (Å²) < 4.78 is 77.1. The molecule has 0 aliphatic heterocycles. The highest BCUT2D eigenvalue weighted by atomic mass is 19.4. The van der Waals surface area contributed by atoms with Crippen molar-refractivity contribution in [2.45, 2.75) is 18.9 Å². The Hall–Kier alpha value is -3.24. The van der Waals surface area contributed by atoms with Crippen LogP contribution >= 0.6 is 0 Å². The molecule has 0 fully saturated rings. The number of primary amides is 1. The van der Waals surface area contributed by atoms with Crippen molar-refractivity contribution in [3.8, 4) is 0 Å². The van der Waals surface area contributed by atoms with Gasteiger partial charge in [0.05, 0.1) is 11.1 Å². The van der Waals surface area contributed by atoms with Gasteiger partial charge < -0.3 is 16.4 Å². The molecule has 2 aromatic carbocycles. The number of carbonyl (C=O) groups excluding carboxylic acids is 2. The van der Waals surface area contributed by atoms with Crippen LogP contribution in [0.2, 0.25) is 0 Å². The maximum Gasteiger partial charge on any atom is 0.416 e. The van der Waals surface area contributed by atoms with E-state index in [0.29, 0.717) is 17.7 Å². The summed E-state index contributed by atoms with van der Waals surface area (Å²) in [6.45, 7) is 0.0831. The van der Waals surface area contributed by atoms with Gasteiger partial charge in [0.15, 0.2) is 0 Å². The van der Waals surface area contributed by atoms with E-state index in [0.717, 1.165) is 0 Å². The number of anilines is 1. The predicted octanol–water partition coefficient (Wildman–Crippen LogP) is 4.14. The first-order chi connectivity index (χ1) is 12.9. The third kappa shape index (κ3) is 5.63. The molecule has 150 valence electrons. The molecule has 2 aromatic rings. The van der Waals surface area contributed by atoms with E-state index in [1.165, 1.54) is 24.3 Å². The summed E-state index contributed by atoms with van der Waals surface area (Å²) in [5.74, 6) is -0.901. The highest BCUT2D eigenvalue weighted by Gasteiger charge is 2.37. The smallest absolute Gasteiger partial charge is 0.352 e. The van der Waals surface area contributed by atoms with E-state index in [2.05, 4.69) is 5.32 Å². The Morgan fingerprint density at radius 1 is 0.857 bits per heavy atom. The molecular weight excluding hydrogens is 392 g/mol. The van der Waals surface area contributed by atoms with E-state index in [4.69, 9.17) is 5.73 Å². The third-order valence-corrected chi connectivity index (χ3v) is 3.53. The predicted molar refractivity (Wildman–Crippen MR) is 87.3 cm³/mol. The molecule has 0 aliphatic rings. The van der Waals surface area contributed by atoms with Crippen LogP contribution in [-0.4, -0.2) is 11.9 Å². The molecule has 2 rings (SSSR count).